The van der Waals surface area contributed by atoms with Crippen molar-refractivity contribution in [3.63, 3.8) is 0 Å². The number of aryl methyl sites for hydroxylation is 1. The quantitative estimate of drug-likeness (QED) is 0.709. The Labute approximate surface area is 177 Å². The molecule has 1 N–H and O–H groups in total. The molecule has 1 unspecified atom stereocenters. The molecule has 3 nitrogen and oxygen atoms in total. The second-order valence-corrected chi connectivity index (χ2v) is 9.38. The summed E-state index contributed by atoms with van der Waals surface area (Å²) in [6.07, 6.45) is 3.04. The smallest absolute Gasteiger partial charge is 0.0431 e. The molecule has 150 valence electrons. The monoisotopic (exact) mass is 416 g/mol. The van der Waals surface area contributed by atoms with Crippen LogP contribution in [0.5, 0.6) is 0 Å². The van der Waals surface area contributed by atoms with Gasteiger partial charge < -0.3 is 10.0 Å². The fraction of sp³-hybridized carbons (Fsp3) is 0.478. The van der Waals surface area contributed by atoms with E-state index in [4.69, 9.17) is 16.7 Å². The number of aliphatic hydroxyl groups excluding tert-OH is 1. The summed E-state index contributed by atoms with van der Waals surface area (Å²) < 4.78 is 0. The van der Waals surface area contributed by atoms with E-state index in [1.807, 2.05) is 17.8 Å². The Hall–Kier alpha value is -1.04. The molecule has 2 heterocycles. The lowest BCUT2D eigenvalue weighted by Crippen LogP contribution is -2.48. The summed E-state index contributed by atoms with van der Waals surface area (Å²) >= 11 is 8.30. The molecule has 0 aliphatic carbocycles. The maximum Gasteiger partial charge on any atom is 0.0431 e. The van der Waals surface area contributed by atoms with Gasteiger partial charge in [-0.1, -0.05) is 35.5 Å². The summed E-state index contributed by atoms with van der Waals surface area (Å²) in [5, 5.41) is 9.84. The van der Waals surface area contributed by atoms with Crippen molar-refractivity contribution < 1.29 is 5.11 Å². The zero-order valence-corrected chi connectivity index (χ0v) is 18.1. The van der Waals surface area contributed by atoms with Crippen molar-refractivity contribution in [2.24, 2.45) is 0 Å². The molecule has 0 saturated carbocycles. The van der Waals surface area contributed by atoms with Crippen LogP contribution in [-0.2, 0) is 6.42 Å². The molecular formula is C23H29ClN2OS. The molecule has 1 saturated heterocycles. The third kappa shape index (κ3) is 4.42. The van der Waals surface area contributed by atoms with E-state index in [1.165, 1.54) is 26.5 Å². The molecule has 2 aliphatic heterocycles. The van der Waals surface area contributed by atoms with E-state index >= 15 is 0 Å². The number of rotatable bonds is 5. The highest BCUT2D eigenvalue weighted by atomic mass is 35.5. The minimum absolute atomic E-state index is 0.302. The van der Waals surface area contributed by atoms with Crippen LogP contribution < -0.4 is 0 Å². The Morgan fingerprint density at radius 1 is 1.07 bits per heavy atom. The first-order chi connectivity index (χ1) is 13.7. The maximum atomic E-state index is 9.01. The number of aliphatic hydroxyl groups is 1. The van der Waals surface area contributed by atoms with Gasteiger partial charge in [0.1, 0.15) is 0 Å². The van der Waals surface area contributed by atoms with Crippen molar-refractivity contribution in [3.8, 4) is 0 Å². The Morgan fingerprint density at radius 2 is 1.89 bits per heavy atom. The Bertz CT molecular complexity index is 820. The molecule has 1 fully saturated rings. The van der Waals surface area contributed by atoms with E-state index in [1.54, 1.807) is 0 Å². The summed E-state index contributed by atoms with van der Waals surface area (Å²) in [4.78, 5) is 7.91. The van der Waals surface area contributed by atoms with Crippen LogP contribution in [0.3, 0.4) is 0 Å². The highest BCUT2D eigenvalue weighted by molar-refractivity contribution is 7.99. The van der Waals surface area contributed by atoms with Crippen LogP contribution in [0.25, 0.3) is 0 Å². The summed E-state index contributed by atoms with van der Waals surface area (Å²) in [5.74, 6) is 0. The van der Waals surface area contributed by atoms with Crippen LogP contribution in [0.4, 0.5) is 0 Å². The summed E-state index contributed by atoms with van der Waals surface area (Å²) in [7, 11) is 0. The third-order valence-electron chi connectivity index (χ3n) is 6.05. The second kappa shape index (κ2) is 9.19. The van der Waals surface area contributed by atoms with Gasteiger partial charge in [-0.2, -0.15) is 0 Å². The molecule has 28 heavy (non-hydrogen) atoms. The van der Waals surface area contributed by atoms with E-state index in [0.717, 1.165) is 57.0 Å². The van der Waals surface area contributed by atoms with E-state index in [2.05, 4.69) is 47.1 Å². The lowest BCUT2D eigenvalue weighted by atomic mass is 9.94. The molecule has 0 amide bonds. The van der Waals surface area contributed by atoms with Crippen LogP contribution in [0.1, 0.15) is 35.6 Å². The normalized spacial score (nSPS) is 20.5. The van der Waals surface area contributed by atoms with Crippen LogP contribution in [0, 0.1) is 6.92 Å². The Kier molecular flexibility index (Phi) is 6.64. The van der Waals surface area contributed by atoms with Crippen molar-refractivity contribution in [1.29, 1.82) is 0 Å². The highest BCUT2D eigenvalue weighted by Crippen LogP contribution is 2.44. The van der Waals surface area contributed by atoms with Crippen molar-refractivity contribution in [1.82, 2.24) is 9.80 Å². The van der Waals surface area contributed by atoms with E-state index < -0.39 is 0 Å². The average molecular weight is 417 g/mol. The maximum absolute atomic E-state index is 9.01. The van der Waals surface area contributed by atoms with Gasteiger partial charge in [0, 0.05) is 53.6 Å². The van der Waals surface area contributed by atoms with Gasteiger partial charge in [0.2, 0.25) is 0 Å². The lowest BCUT2D eigenvalue weighted by Gasteiger charge is -2.40. The van der Waals surface area contributed by atoms with Gasteiger partial charge in [-0.3, -0.25) is 4.90 Å². The van der Waals surface area contributed by atoms with Crippen molar-refractivity contribution in [2.45, 2.75) is 42.0 Å². The molecule has 2 aromatic rings. The first-order valence-corrected chi connectivity index (χ1v) is 11.5. The second-order valence-electron chi connectivity index (χ2n) is 7.86. The molecule has 2 aromatic carbocycles. The molecular weight excluding hydrogens is 388 g/mol. The molecule has 0 spiro atoms. The number of unbranched alkanes of at least 4 members (excludes halogenated alkanes) is 1. The van der Waals surface area contributed by atoms with Crippen LogP contribution in [0.15, 0.2) is 46.2 Å². The van der Waals surface area contributed by atoms with Gasteiger partial charge in [-0.05, 0) is 73.7 Å². The van der Waals surface area contributed by atoms with Crippen molar-refractivity contribution in [3.05, 3.63) is 58.1 Å². The van der Waals surface area contributed by atoms with Crippen LogP contribution in [-0.4, -0.2) is 54.2 Å². The molecule has 5 heteroatoms. The third-order valence-corrected chi connectivity index (χ3v) is 7.47. The standard InChI is InChI=1S/C23H29ClN2OS/c1-17-5-4-6-22-19(17)16-21(20-15-18(24)7-8-23(20)28-22)26-12-10-25(11-13-26)9-2-3-14-27/h4-8,15,21,27H,2-3,9-14,16H2,1H3. The predicted molar refractivity (Wildman–Crippen MR) is 118 cm³/mol. The minimum Gasteiger partial charge on any atom is -0.396 e. The molecule has 2 aliphatic rings. The minimum atomic E-state index is 0.302. The number of halogens is 1. The average Bonchev–Trinajstić information content (AvgIpc) is 2.86. The zero-order valence-electron chi connectivity index (χ0n) is 16.5. The van der Waals surface area contributed by atoms with Gasteiger partial charge in [0.25, 0.3) is 0 Å². The van der Waals surface area contributed by atoms with Gasteiger partial charge in [0.05, 0.1) is 0 Å². The van der Waals surface area contributed by atoms with Gasteiger partial charge in [-0.25, -0.2) is 0 Å². The van der Waals surface area contributed by atoms with Crippen molar-refractivity contribution >= 4 is 23.4 Å². The molecule has 4 rings (SSSR count). The summed E-state index contributed by atoms with van der Waals surface area (Å²) in [6, 6.07) is 13.4. The van der Waals surface area contributed by atoms with E-state index in [9.17, 15) is 0 Å². The van der Waals surface area contributed by atoms with Crippen LogP contribution in [0.2, 0.25) is 5.02 Å². The molecule has 0 bridgehead atoms. The molecule has 1 atom stereocenters. The van der Waals surface area contributed by atoms with E-state index in [0.29, 0.717) is 12.6 Å². The predicted octanol–water partition coefficient (Wildman–Crippen LogP) is 4.79. The van der Waals surface area contributed by atoms with Gasteiger partial charge >= 0.3 is 0 Å². The number of hydrogen-bond donors (Lipinski definition) is 1. The largest absolute Gasteiger partial charge is 0.396 e. The highest BCUT2D eigenvalue weighted by Gasteiger charge is 2.30. The van der Waals surface area contributed by atoms with Gasteiger partial charge in [-0.15, -0.1) is 0 Å². The number of hydrogen-bond acceptors (Lipinski definition) is 4. The van der Waals surface area contributed by atoms with Gasteiger partial charge in [0.15, 0.2) is 0 Å². The Morgan fingerprint density at radius 3 is 2.68 bits per heavy atom. The topological polar surface area (TPSA) is 26.7 Å². The van der Waals surface area contributed by atoms with Crippen LogP contribution >= 0.6 is 23.4 Å². The molecule has 0 radical (unpaired) electrons. The van der Waals surface area contributed by atoms with Crippen molar-refractivity contribution in [2.75, 3.05) is 39.3 Å². The van der Waals surface area contributed by atoms with E-state index in [-0.39, 0.29) is 0 Å². The zero-order chi connectivity index (χ0) is 19.5. The lowest BCUT2D eigenvalue weighted by molar-refractivity contribution is 0.0922. The number of piperazine rings is 1. The first kappa shape index (κ1) is 20.2. The fourth-order valence-corrected chi connectivity index (χ4v) is 5.78. The first-order valence-electron chi connectivity index (χ1n) is 10.3. The summed E-state index contributed by atoms with van der Waals surface area (Å²) in [6.45, 7) is 8.01. The SMILES string of the molecule is Cc1cccc2c1CC(N1CCN(CCCCO)CC1)c1cc(Cl)ccc1S2. The number of nitrogens with zero attached hydrogens (tertiary/aromatic N) is 2. The number of fused-ring (bicyclic) bond motifs is 2. The molecule has 0 aromatic heterocycles. The fourth-order valence-electron chi connectivity index (χ4n) is 4.40. The summed E-state index contributed by atoms with van der Waals surface area (Å²) in [5.41, 5.74) is 4.24. The Balaban J connectivity index is 1.57. The number of benzene rings is 2.